The van der Waals surface area contributed by atoms with E-state index >= 15 is 0 Å². The van der Waals surface area contributed by atoms with Crippen molar-refractivity contribution in [2.45, 2.75) is 58.0 Å². The maximum atomic E-state index is 12.2. The van der Waals surface area contributed by atoms with Gasteiger partial charge >= 0.3 is 6.18 Å². The van der Waals surface area contributed by atoms with Crippen molar-refractivity contribution in [3.05, 3.63) is 35.4 Å². The number of alkyl halides is 3. The molecule has 0 aliphatic carbocycles. The number of piperidine rings is 1. The van der Waals surface area contributed by atoms with E-state index in [0.717, 1.165) is 31.0 Å². The van der Waals surface area contributed by atoms with Gasteiger partial charge < -0.3 is 20.3 Å². The molecule has 0 radical (unpaired) electrons. The van der Waals surface area contributed by atoms with Crippen LogP contribution in [0.5, 0.6) is 0 Å². The highest BCUT2D eigenvalue weighted by Gasteiger charge is 2.27. The predicted molar refractivity (Wildman–Crippen MR) is 125 cm³/mol. The third-order valence-electron chi connectivity index (χ3n) is 5.06. The summed E-state index contributed by atoms with van der Waals surface area (Å²) in [5.74, 6) is 0.718. The van der Waals surface area contributed by atoms with E-state index < -0.39 is 12.8 Å². The fraction of sp³-hybridized carbons (Fsp3) is 0.667. The Labute approximate surface area is 194 Å². The summed E-state index contributed by atoms with van der Waals surface area (Å²) in [6, 6.07) is 8.02. The fourth-order valence-corrected chi connectivity index (χ4v) is 3.50. The van der Waals surface area contributed by atoms with Gasteiger partial charge in [0.05, 0.1) is 6.61 Å². The third kappa shape index (κ3) is 10.8. The average Bonchev–Trinajstić information content (AvgIpc) is 2.68. The number of hydrogen-bond donors (Lipinski definition) is 2. The van der Waals surface area contributed by atoms with Gasteiger partial charge in [-0.25, -0.2) is 0 Å². The van der Waals surface area contributed by atoms with Gasteiger partial charge in [-0.2, -0.15) is 13.2 Å². The number of nitrogens with zero attached hydrogens (tertiary/aromatic N) is 2. The molecule has 0 spiro atoms. The number of rotatable bonds is 9. The van der Waals surface area contributed by atoms with E-state index in [-0.39, 0.29) is 30.6 Å². The summed E-state index contributed by atoms with van der Waals surface area (Å²) in [4.78, 5) is 6.78. The second kappa shape index (κ2) is 14.1. The zero-order valence-corrected chi connectivity index (χ0v) is 20.1. The standard InChI is InChI=1S/C21H33F3N4O.HI/c1-17-7-3-4-11-28(17)12-6-10-26-20(25-2)27-14-18-8-5-9-19(13-18)15-29-16-21(22,23)24;/h5,8-9,13,17H,3-4,6-7,10-12,14-16H2,1-2H3,(H2,25,26,27);1H. The summed E-state index contributed by atoms with van der Waals surface area (Å²) < 4.78 is 41.3. The molecule has 1 aromatic rings. The van der Waals surface area contributed by atoms with E-state index in [2.05, 4.69) is 27.4 Å². The Kier molecular flexibility index (Phi) is 12.7. The second-order valence-electron chi connectivity index (χ2n) is 7.51. The van der Waals surface area contributed by atoms with Crippen LogP contribution in [0.1, 0.15) is 43.7 Å². The Balaban J connectivity index is 0.00000450. The van der Waals surface area contributed by atoms with Gasteiger partial charge in [-0.3, -0.25) is 4.99 Å². The SMILES string of the molecule is CN=C(NCCCN1CCCCC1C)NCc1cccc(COCC(F)(F)F)c1.I. The lowest BCUT2D eigenvalue weighted by Crippen LogP contribution is -2.41. The Morgan fingerprint density at radius 1 is 1.23 bits per heavy atom. The van der Waals surface area contributed by atoms with Gasteiger partial charge in [0.2, 0.25) is 0 Å². The molecule has 1 fully saturated rings. The Bertz CT molecular complexity index is 643. The second-order valence-corrected chi connectivity index (χ2v) is 7.51. The summed E-state index contributed by atoms with van der Waals surface area (Å²) >= 11 is 0. The van der Waals surface area contributed by atoms with Crippen LogP contribution < -0.4 is 10.6 Å². The molecule has 30 heavy (non-hydrogen) atoms. The van der Waals surface area contributed by atoms with Gasteiger partial charge in [-0.05, 0) is 43.9 Å². The molecule has 1 saturated heterocycles. The number of guanidine groups is 1. The largest absolute Gasteiger partial charge is 0.411 e. The summed E-state index contributed by atoms with van der Waals surface area (Å²) in [7, 11) is 1.73. The monoisotopic (exact) mass is 542 g/mol. The number of hydrogen-bond acceptors (Lipinski definition) is 3. The van der Waals surface area contributed by atoms with Crippen molar-refractivity contribution in [2.24, 2.45) is 4.99 Å². The number of halogens is 4. The van der Waals surface area contributed by atoms with Crippen LogP contribution in [0.25, 0.3) is 0 Å². The molecule has 1 aliphatic rings. The lowest BCUT2D eigenvalue weighted by molar-refractivity contribution is -0.176. The van der Waals surface area contributed by atoms with Crippen molar-refractivity contribution in [2.75, 3.05) is 33.3 Å². The number of benzene rings is 1. The first-order chi connectivity index (χ1) is 13.9. The lowest BCUT2D eigenvalue weighted by Gasteiger charge is -2.33. The third-order valence-corrected chi connectivity index (χ3v) is 5.06. The molecule has 1 aliphatic heterocycles. The molecule has 0 bridgehead atoms. The van der Waals surface area contributed by atoms with Crippen LogP contribution in [-0.2, 0) is 17.9 Å². The summed E-state index contributed by atoms with van der Waals surface area (Å²) in [5, 5.41) is 6.57. The van der Waals surface area contributed by atoms with Gasteiger partial charge in [0.15, 0.2) is 5.96 Å². The number of nitrogens with one attached hydrogen (secondary N) is 2. The highest BCUT2D eigenvalue weighted by molar-refractivity contribution is 14.0. The van der Waals surface area contributed by atoms with Crippen LogP contribution in [0.3, 0.4) is 0 Å². The number of ether oxygens (including phenoxy) is 1. The van der Waals surface area contributed by atoms with E-state index in [1.807, 2.05) is 18.2 Å². The van der Waals surface area contributed by atoms with Gasteiger partial charge in [0.25, 0.3) is 0 Å². The summed E-state index contributed by atoms with van der Waals surface area (Å²) in [6.07, 6.45) is 0.667. The van der Waals surface area contributed by atoms with Crippen molar-refractivity contribution < 1.29 is 17.9 Å². The van der Waals surface area contributed by atoms with E-state index in [1.54, 1.807) is 13.1 Å². The molecule has 5 nitrogen and oxygen atoms in total. The molecule has 2 rings (SSSR count). The first-order valence-corrected chi connectivity index (χ1v) is 10.3. The summed E-state index contributed by atoms with van der Waals surface area (Å²) in [6.45, 7) is 4.67. The molecule has 172 valence electrons. The highest BCUT2D eigenvalue weighted by Crippen LogP contribution is 2.17. The molecular formula is C21H34F3IN4O. The van der Waals surface area contributed by atoms with E-state index in [9.17, 15) is 13.2 Å². The predicted octanol–water partition coefficient (Wildman–Crippen LogP) is 4.31. The van der Waals surface area contributed by atoms with E-state index in [4.69, 9.17) is 4.74 Å². The average molecular weight is 542 g/mol. The molecule has 1 atom stereocenters. The van der Waals surface area contributed by atoms with Gasteiger partial charge in [0.1, 0.15) is 6.61 Å². The van der Waals surface area contributed by atoms with Crippen molar-refractivity contribution in [1.82, 2.24) is 15.5 Å². The molecule has 1 aromatic carbocycles. The normalized spacial score (nSPS) is 18.0. The molecule has 0 amide bonds. The van der Waals surface area contributed by atoms with Gasteiger partial charge in [-0.15, -0.1) is 24.0 Å². The maximum absolute atomic E-state index is 12.2. The van der Waals surface area contributed by atoms with E-state index in [0.29, 0.717) is 18.2 Å². The van der Waals surface area contributed by atoms with Crippen LogP contribution in [-0.4, -0.2) is 56.4 Å². The van der Waals surface area contributed by atoms with Gasteiger partial charge in [-0.1, -0.05) is 30.7 Å². The molecule has 2 N–H and O–H groups in total. The Hall–Kier alpha value is -1.07. The smallest absolute Gasteiger partial charge is 0.367 e. The Morgan fingerprint density at radius 2 is 2.00 bits per heavy atom. The lowest BCUT2D eigenvalue weighted by atomic mass is 10.0. The molecular weight excluding hydrogens is 508 g/mol. The minimum atomic E-state index is -4.30. The van der Waals surface area contributed by atoms with Crippen molar-refractivity contribution in [3.63, 3.8) is 0 Å². The quantitative estimate of drug-likeness (QED) is 0.211. The highest BCUT2D eigenvalue weighted by atomic mass is 127. The Morgan fingerprint density at radius 3 is 2.70 bits per heavy atom. The minimum Gasteiger partial charge on any atom is -0.367 e. The molecule has 1 unspecified atom stereocenters. The van der Waals surface area contributed by atoms with Crippen LogP contribution in [0, 0.1) is 0 Å². The van der Waals surface area contributed by atoms with Crippen LogP contribution in [0.15, 0.2) is 29.3 Å². The van der Waals surface area contributed by atoms with Crippen LogP contribution in [0.4, 0.5) is 13.2 Å². The first-order valence-electron chi connectivity index (χ1n) is 10.3. The van der Waals surface area contributed by atoms with Crippen molar-refractivity contribution >= 4 is 29.9 Å². The maximum Gasteiger partial charge on any atom is 0.411 e. The fourth-order valence-electron chi connectivity index (χ4n) is 3.50. The molecule has 1 heterocycles. The molecule has 9 heteroatoms. The zero-order chi connectivity index (χ0) is 21.1. The van der Waals surface area contributed by atoms with Crippen molar-refractivity contribution in [3.8, 4) is 0 Å². The molecule has 0 aromatic heterocycles. The number of likely N-dealkylation sites (tertiary alicyclic amines) is 1. The number of aliphatic imine (C=N–C) groups is 1. The minimum absolute atomic E-state index is 0. The van der Waals surface area contributed by atoms with Gasteiger partial charge in [0, 0.05) is 32.7 Å². The molecule has 0 saturated carbocycles. The van der Waals surface area contributed by atoms with Crippen molar-refractivity contribution in [1.29, 1.82) is 0 Å². The van der Waals surface area contributed by atoms with Crippen LogP contribution in [0.2, 0.25) is 0 Å². The van der Waals surface area contributed by atoms with E-state index in [1.165, 1.54) is 25.8 Å². The van der Waals surface area contributed by atoms with Crippen LogP contribution >= 0.6 is 24.0 Å². The first kappa shape index (κ1) is 27.0. The topological polar surface area (TPSA) is 48.9 Å². The summed E-state index contributed by atoms with van der Waals surface area (Å²) in [5.41, 5.74) is 1.68. The zero-order valence-electron chi connectivity index (χ0n) is 17.8.